The van der Waals surface area contributed by atoms with Gasteiger partial charge in [-0.3, -0.25) is 0 Å². The Morgan fingerprint density at radius 1 is 1.12 bits per heavy atom. The molecule has 0 bridgehead atoms. The van der Waals surface area contributed by atoms with Crippen LogP contribution in [0.15, 0.2) is 30.3 Å². The van der Waals surface area contributed by atoms with Gasteiger partial charge in [0.25, 0.3) is 0 Å². The van der Waals surface area contributed by atoms with Gasteiger partial charge in [-0.1, -0.05) is 42.9 Å². The number of rotatable bonds is 1. The molecule has 1 N–H and O–H groups in total. The van der Waals surface area contributed by atoms with E-state index in [1.165, 1.54) is 12.8 Å². The van der Waals surface area contributed by atoms with Crippen LogP contribution in [0.2, 0.25) is 0 Å². The molecule has 2 rings (SSSR count). The molecule has 1 aliphatic carbocycles. The minimum absolute atomic E-state index is 0.126. The number of hydrogen-bond donors (Lipinski definition) is 1. The van der Waals surface area contributed by atoms with Gasteiger partial charge in [-0.15, -0.1) is 0 Å². The lowest BCUT2D eigenvalue weighted by Crippen LogP contribution is -2.23. The fourth-order valence-electron chi connectivity index (χ4n) is 2.23. The number of benzene rings is 1. The van der Waals surface area contributed by atoms with Crippen molar-refractivity contribution in [3.63, 3.8) is 0 Å². The zero-order valence-corrected chi connectivity index (χ0v) is 9.52. The quantitative estimate of drug-likeness (QED) is 0.713. The molecular formula is C15H18O. The standard InChI is InChI=1S/C15H18O/c16-15-12-5-4-10-14(15)11-6-9-13-7-2-1-3-8-13/h1-3,7-8,14-16H,4-5,10-12H2. The maximum absolute atomic E-state index is 9.80. The molecule has 1 aromatic carbocycles. The summed E-state index contributed by atoms with van der Waals surface area (Å²) in [6, 6.07) is 10.0. The normalized spacial score (nSPS) is 24.6. The largest absolute Gasteiger partial charge is 0.393 e. The zero-order valence-electron chi connectivity index (χ0n) is 9.52. The molecule has 16 heavy (non-hydrogen) atoms. The van der Waals surface area contributed by atoms with Gasteiger partial charge in [0.05, 0.1) is 6.10 Å². The predicted octanol–water partition coefficient (Wildman–Crippen LogP) is 2.98. The van der Waals surface area contributed by atoms with Crippen molar-refractivity contribution in [2.45, 2.75) is 38.2 Å². The molecule has 1 heteroatoms. The summed E-state index contributed by atoms with van der Waals surface area (Å²) in [6.45, 7) is 0. The van der Waals surface area contributed by atoms with Crippen LogP contribution in [0.1, 0.15) is 37.7 Å². The van der Waals surface area contributed by atoms with E-state index in [9.17, 15) is 5.11 Å². The van der Waals surface area contributed by atoms with Crippen molar-refractivity contribution in [1.82, 2.24) is 0 Å². The average Bonchev–Trinajstić information content (AvgIpc) is 2.33. The Morgan fingerprint density at radius 2 is 1.88 bits per heavy atom. The van der Waals surface area contributed by atoms with Gasteiger partial charge >= 0.3 is 0 Å². The van der Waals surface area contributed by atoms with E-state index >= 15 is 0 Å². The van der Waals surface area contributed by atoms with Crippen molar-refractivity contribution in [2.24, 2.45) is 5.92 Å². The molecule has 1 fully saturated rings. The van der Waals surface area contributed by atoms with E-state index in [0.29, 0.717) is 5.92 Å². The van der Waals surface area contributed by atoms with Crippen LogP contribution in [0, 0.1) is 17.8 Å². The Hall–Kier alpha value is -1.26. The maximum Gasteiger partial charge on any atom is 0.0577 e. The Bertz CT molecular complexity index is 371. The maximum atomic E-state index is 9.80. The van der Waals surface area contributed by atoms with Crippen LogP contribution in [0.4, 0.5) is 0 Å². The van der Waals surface area contributed by atoms with E-state index in [0.717, 1.165) is 24.8 Å². The van der Waals surface area contributed by atoms with Gasteiger partial charge in [0, 0.05) is 12.0 Å². The summed E-state index contributed by atoms with van der Waals surface area (Å²) < 4.78 is 0. The minimum atomic E-state index is -0.126. The molecule has 0 spiro atoms. The first kappa shape index (κ1) is 11.2. The van der Waals surface area contributed by atoms with Crippen molar-refractivity contribution < 1.29 is 5.11 Å². The first-order chi connectivity index (χ1) is 7.86. The minimum Gasteiger partial charge on any atom is -0.393 e. The van der Waals surface area contributed by atoms with Crippen molar-refractivity contribution in [1.29, 1.82) is 0 Å². The fourth-order valence-corrected chi connectivity index (χ4v) is 2.23. The Labute approximate surface area is 97.5 Å². The first-order valence-corrected chi connectivity index (χ1v) is 6.08. The third-order valence-electron chi connectivity index (χ3n) is 3.24. The summed E-state index contributed by atoms with van der Waals surface area (Å²) in [7, 11) is 0. The average molecular weight is 214 g/mol. The Morgan fingerprint density at radius 3 is 2.62 bits per heavy atom. The highest BCUT2D eigenvalue weighted by Gasteiger charge is 2.21. The summed E-state index contributed by atoms with van der Waals surface area (Å²) >= 11 is 0. The summed E-state index contributed by atoms with van der Waals surface area (Å²) in [5.41, 5.74) is 1.06. The molecule has 0 heterocycles. The second-order valence-corrected chi connectivity index (χ2v) is 4.48. The van der Waals surface area contributed by atoms with E-state index in [1.807, 2.05) is 30.3 Å². The second-order valence-electron chi connectivity index (χ2n) is 4.48. The SMILES string of the molecule is OC1CCCCC1CC#Cc1ccccc1. The fraction of sp³-hybridized carbons (Fsp3) is 0.467. The van der Waals surface area contributed by atoms with Gasteiger partial charge in [0.2, 0.25) is 0 Å². The summed E-state index contributed by atoms with van der Waals surface area (Å²) in [5.74, 6) is 6.74. The zero-order chi connectivity index (χ0) is 11.2. The number of aliphatic hydroxyl groups excluding tert-OH is 1. The lowest BCUT2D eigenvalue weighted by atomic mass is 9.84. The monoisotopic (exact) mass is 214 g/mol. The Balaban J connectivity index is 1.89. The molecule has 1 aliphatic rings. The van der Waals surface area contributed by atoms with Crippen LogP contribution in [0.25, 0.3) is 0 Å². The van der Waals surface area contributed by atoms with Gasteiger partial charge in [0.1, 0.15) is 0 Å². The third-order valence-corrected chi connectivity index (χ3v) is 3.24. The van der Waals surface area contributed by atoms with Gasteiger partial charge in [-0.05, 0) is 30.9 Å². The van der Waals surface area contributed by atoms with Crippen LogP contribution in [-0.2, 0) is 0 Å². The van der Waals surface area contributed by atoms with Gasteiger partial charge in [-0.25, -0.2) is 0 Å². The lowest BCUT2D eigenvalue weighted by molar-refractivity contribution is 0.0725. The van der Waals surface area contributed by atoms with Crippen molar-refractivity contribution in [3.05, 3.63) is 35.9 Å². The predicted molar refractivity (Wildman–Crippen MR) is 65.9 cm³/mol. The Kier molecular flexibility index (Phi) is 4.02. The van der Waals surface area contributed by atoms with Crippen LogP contribution >= 0.6 is 0 Å². The molecular weight excluding hydrogens is 196 g/mol. The first-order valence-electron chi connectivity index (χ1n) is 6.08. The molecule has 84 valence electrons. The van der Waals surface area contributed by atoms with Crippen molar-refractivity contribution >= 4 is 0 Å². The molecule has 0 radical (unpaired) electrons. The van der Waals surface area contributed by atoms with Crippen LogP contribution < -0.4 is 0 Å². The van der Waals surface area contributed by atoms with Gasteiger partial charge in [0.15, 0.2) is 0 Å². The molecule has 1 saturated carbocycles. The van der Waals surface area contributed by atoms with Crippen LogP contribution in [0.5, 0.6) is 0 Å². The molecule has 2 atom stereocenters. The summed E-state index contributed by atoms with van der Waals surface area (Å²) in [5, 5.41) is 9.80. The van der Waals surface area contributed by atoms with E-state index in [1.54, 1.807) is 0 Å². The van der Waals surface area contributed by atoms with E-state index in [4.69, 9.17) is 0 Å². The molecule has 1 aromatic rings. The van der Waals surface area contributed by atoms with E-state index in [-0.39, 0.29) is 6.10 Å². The van der Waals surface area contributed by atoms with Gasteiger partial charge in [-0.2, -0.15) is 0 Å². The lowest BCUT2D eigenvalue weighted by Gasteiger charge is -2.25. The van der Waals surface area contributed by atoms with E-state index in [2.05, 4.69) is 11.8 Å². The van der Waals surface area contributed by atoms with Crippen LogP contribution in [-0.4, -0.2) is 11.2 Å². The summed E-state index contributed by atoms with van der Waals surface area (Å²) in [6.07, 6.45) is 5.20. The highest BCUT2D eigenvalue weighted by atomic mass is 16.3. The molecule has 1 nitrogen and oxygen atoms in total. The second kappa shape index (κ2) is 5.72. The van der Waals surface area contributed by atoms with E-state index < -0.39 is 0 Å². The number of aliphatic hydroxyl groups is 1. The summed E-state index contributed by atoms with van der Waals surface area (Å²) in [4.78, 5) is 0. The molecule has 2 unspecified atom stereocenters. The third kappa shape index (κ3) is 3.12. The smallest absolute Gasteiger partial charge is 0.0577 e. The molecule has 0 saturated heterocycles. The molecule has 0 amide bonds. The van der Waals surface area contributed by atoms with Gasteiger partial charge < -0.3 is 5.11 Å². The molecule has 0 aromatic heterocycles. The molecule has 0 aliphatic heterocycles. The highest BCUT2D eigenvalue weighted by Crippen LogP contribution is 2.26. The number of hydrogen-bond acceptors (Lipinski definition) is 1. The van der Waals surface area contributed by atoms with Crippen molar-refractivity contribution in [3.8, 4) is 11.8 Å². The highest BCUT2D eigenvalue weighted by molar-refractivity contribution is 5.33. The van der Waals surface area contributed by atoms with Crippen LogP contribution in [0.3, 0.4) is 0 Å². The van der Waals surface area contributed by atoms with Crippen molar-refractivity contribution in [2.75, 3.05) is 0 Å². The topological polar surface area (TPSA) is 20.2 Å².